The van der Waals surface area contributed by atoms with Crippen molar-refractivity contribution in [3.05, 3.63) is 0 Å². The molecule has 0 aromatic rings. The van der Waals surface area contributed by atoms with Gasteiger partial charge in [0.25, 0.3) is 0 Å². The van der Waals surface area contributed by atoms with Crippen molar-refractivity contribution in [2.45, 2.75) is 81.0 Å². The lowest BCUT2D eigenvalue weighted by Crippen LogP contribution is -2.74. The number of aliphatic hydroxyl groups is 1. The fraction of sp³-hybridized carbons (Fsp3) is 1.00. The van der Waals surface area contributed by atoms with Crippen LogP contribution in [0.5, 0.6) is 0 Å². The first-order valence-electron chi connectivity index (χ1n) is 8.43. The first-order chi connectivity index (χ1) is 11.0. The van der Waals surface area contributed by atoms with E-state index in [1.807, 2.05) is 13.8 Å². The van der Waals surface area contributed by atoms with Crippen LogP contribution in [-0.2, 0) is 23.7 Å². The second-order valence-corrected chi connectivity index (χ2v) is 7.82. The molecule has 1 N–H and O–H groups in total. The Kier molecular flexibility index (Phi) is 5.28. The number of methoxy groups -OCH3 is 2. The van der Waals surface area contributed by atoms with Gasteiger partial charge in [0.1, 0.15) is 23.7 Å². The Labute approximate surface area is 142 Å². The summed E-state index contributed by atoms with van der Waals surface area (Å²) in [6.45, 7) is 4.01. The highest BCUT2D eigenvalue weighted by Gasteiger charge is 2.66. The molecule has 1 aliphatic carbocycles. The third-order valence-corrected chi connectivity index (χ3v) is 6.29. The number of aliphatic hydroxyl groups excluding tert-OH is 1. The highest BCUT2D eigenvalue weighted by atomic mass is 32.2. The second kappa shape index (κ2) is 6.78. The fourth-order valence-corrected chi connectivity index (χ4v) is 4.97. The molecule has 0 aromatic heterocycles. The van der Waals surface area contributed by atoms with Gasteiger partial charge in [0, 0.05) is 27.1 Å². The molecule has 3 rings (SSSR count). The lowest BCUT2D eigenvalue weighted by Gasteiger charge is -2.60. The van der Waals surface area contributed by atoms with Gasteiger partial charge in [-0.3, -0.25) is 0 Å². The zero-order chi connectivity index (χ0) is 16.7. The Balaban J connectivity index is 1.91. The average Bonchev–Trinajstić information content (AvgIpc) is 2.58. The van der Waals surface area contributed by atoms with Crippen LogP contribution in [0, 0.1) is 0 Å². The molecule has 134 valence electrons. The first-order valence-corrected chi connectivity index (χ1v) is 9.48. The number of thioether (sulfide) groups is 1. The molecule has 3 aliphatic rings. The Morgan fingerprint density at radius 3 is 2.17 bits per heavy atom. The van der Waals surface area contributed by atoms with Gasteiger partial charge >= 0.3 is 0 Å². The number of rotatable bonds is 4. The van der Waals surface area contributed by atoms with Crippen molar-refractivity contribution in [1.29, 1.82) is 0 Å². The summed E-state index contributed by atoms with van der Waals surface area (Å²) in [6.07, 6.45) is 1.57. The molecule has 6 nitrogen and oxygen atoms in total. The van der Waals surface area contributed by atoms with Crippen LogP contribution >= 0.6 is 11.8 Å². The van der Waals surface area contributed by atoms with Gasteiger partial charge in [-0.25, -0.2) is 0 Å². The van der Waals surface area contributed by atoms with Crippen molar-refractivity contribution in [3.8, 4) is 0 Å². The van der Waals surface area contributed by atoms with Crippen molar-refractivity contribution < 1.29 is 28.8 Å². The molecule has 23 heavy (non-hydrogen) atoms. The van der Waals surface area contributed by atoms with Crippen LogP contribution in [0.1, 0.15) is 39.5 Å². The zero-order valence-corrected chi connectivity index (χ0v) is 15.1. The molecule has 2 aliphatic heterocycles. The van der Waals surface area contributed by atoms with E-state index in [2.05, 4.69) is 0 Å². The van der Waals surface area contributed by atoms with E-state index in [-0.39, 0.29) is 17.6 Å². The number of hydrogen-bond acceptors (Lipinski definition) is 7. The summed E-state index contributed by atoms with van der Waals surface area (Å²) in [5.41, 5.74) is -0.313. The van der Waals surface area contributed by atoms with Gasteiger partial charge in [0.15, 0.2) is 0 Å². The normalized spacial score (nSPS) is 50.2. The summed E-state index contributed by atoms with van der Waals surface area (Å²) in [5.74, 6) is -1.05. The first kappa shape index (κ1) is 17.9. The van der Waals surface area contributed by atoms with Crippen LogP contribution in [0.2, 0.25) is 0 Å². The molecule has 0 spiro atoms. The van der Waals surface area contributed by atoms with E-state index >= 15 is 0 Å². The molecular weight excluding hydrogens is 320 g/mol. The van der Waals surface area contributed by atoms with Crippen LogP contribution in [0.25, 0.3) is 0 Å². The van der Waals surface area contributed by atoms with E-state index in [9.17, 15) is 5.11 Å². The smallest absolute Gasteiger partial charge is 0.223 e. The topological polar surface area (TPSA) is 66.4 Å². The van der Waals surface area contributed by atoms with Crippen LogP contribution in [0.3, 0.4) is 0 Å². The summed E-state index contributed by atoms with van der Waals surface area (Å²) >= 11 is 1.58. The van der Waals surface area contributed by atoms with Gasteiger partial charge in [-0.05, 0) is 25.5 Å². The maximum Gasteiger partial charge on any atom is 0.223 e. The Morgan fingerprint density at radius 2 is 1.65 bits per heavy atom. The van der Waals surface area contributed by atoms with Crippen molar-refractivity contribution in [1.82, 2.24) is 0 Å². The summed E-state index contributed by atoms with van der Waals surface area (Å²) in [6, 6.07) is 0. The van der Waals surface area contributed by atoms with Crippen molar-refractivity contribution in [3.63, 3.8) is 0 Å². The van der Waals surface area contributed by atoms with Crippen molar-refractivity contribution >= 4 is 11.8 Å². The molecule has 0 unspecified atom stereocenters. The Hall–Kier alpha value is 0.110. The highest BCUT2D eigenvalue weighted by Crippen LogP contribution is 2.51. The van der Waals surface area contributed by atoms with Gasteiger partial charge < -0.3 is 28.8 Å². The number of hydrogen-bond donors (Lipinski definition) is 1. The fourth-order valence-electron chi connectivity index (χ4n) is 4.03. The molecule has 0 radical (unpaired) electrons. The minimum absolute atomic E-state index is 0.184. The third kappa shape index (κ3) is 2.74. The van der Waals surface area contributed by atoms with Gasteiger partial charge in [-0.2, -0.15) is 0 Å². The van der Waals surface area contributed by atoms with E-state index in [4.69, 9.17) is 23.7 Å². The summed E-state index contributed by atoms with van der Waals surface area (Å²) in [4.78, 5) is 0. The number of fused-ring (bicyclic) bond motifs is 2. The molecule has 2 saturated heterocycles. The maximum atomic E-state index is 10.7. The Morgan fingerprint density at radius 1 is 1.09 bits per heavy atom. The SMILES string of the molecule is CCS[C@@H]1O[C@@H](C)[C@@H]2O[C@@]3(OC)CCCC[C@]3(OC)O[C@H]2[C@H]1O. The van der Waals surface area contributed by atoms with Crippen molar-refractivity contribution in [2.75, 3.05) is 20.0 Å². The molecule has 1 saturated carbocycles. The monoisotopic (exact) mass is 348 g/mol. The van der Waals surface area contributed by atoms with Gasteiger partial charge in [0.2, 0.25) is 11.6 Å². The molecule has 7 atom stereocenters. The second-order valence-electron chi connectivity index (χ2n) is 6.44. The van der Waals surface area contributed by atoms with Gasteiger partial charge in [0.05, 0.1) is 6.10 Å². The van der Waals surface area contributed by atoms with Crippen LogP contribution in [0.15, 0.2) is 0 Å². The van der Waals surface area contributed by atoms with Crippen molar-refractivity contribution in [2.24, 2.45) is 0 Å². The minimum atomic E-state index is -0.972. The van der Waals surface area contributed by atoms with Crippen LogP contribution in [0.4, 0.5) is 0 Å². The maximum absolute atomic E-state index is 10.7. The quantitative estimate of drug-likeness (QED) is 0.832. The zero-order valence-electron chi connectivity index (χ0n) is 14.3. The third-order valence-electron chi connectivity index (χ3n) is 5.24. The van der Waals surface area contributed by atoms with E-state index in [1.54, 1.807) is 26.0 Å². The summed E-state index contributed by atoms with van der Waals surface area (Å²) < 4.78 is 30.2. The molecular formula is C16H28O6S. The highest BCUT2D eigenvalue weighted by molar-refractivity contribution is 7.99. The predicted octanol–water partition coefficient (Wildman–Crippen LogP) is 1.89. The lowest BCUT2D eigenvalue weighted by molar-refractivity contribution is -0.487. The average molecular weight is 348 g/mol. The Bertz CT molecular complexity index is 423. The summed E-state index contributed by atoms with van der Waals surface area (Å²) in [7, 11) is 3.25. The van der Waals surface area contributed by atoms with E-state index < -0.39 is 23.8 Å². The summed E-state index contributed by atoms with van der Waals surface area (Å²) in [5, 5.41) is 10.7. The van der Waals surface area contributed by atoms with E-state index in [0.29, 0.717) is 12.8 Å². The largest absolute Gasteiger partial charge is 0.387 e. The molecule has 2 heterocycles. The van der Waals surface area contributed by atoms with Gasteiger partial charge in [-0.15, -0.1) is 11.8 Å². The van der Waals surface area contributed by atoms with Gasteiger partial charge in [-0.1, -0.05) is 6.92 Å². The van der Waals surface area contributed by atoms with Crippen LogP contribution in [-0.4, -0.2) is 66.5 Å². The van der Waals surface area contributed by atoms with E-state index in [1.165, 1.54) is 0 Å². The van der Waals surface area contributed by atoms with Crippen LogP contribution < -0.4 is 0 Å². The molecule has 0 bridgehead atoms. The molecule has 0 amide bonds. The number of ether oxygens (including phenoxy) is 5. The molecule has 0 aromatic carbocycles. The minimum Gasteiger partial charge on any atom is -0.387 e. The standard InChI is InChI=1S/C16H28O6S/c1-5-23-14-11(17)13-12(10(2)20-14)21-15(18-3)8-6-7-9-16(15,19-4)22-13/h10-14,17H,5-9H2,1-4H3/t10-,11+,12-,13-,14-,15-,16-/m0/s1. The predicted molar refractivity (Wildman–Crippen MR) is 86.2 cm³/mol. The van der Waals surface area contributed by atoms with E-state index in [0.717, 1.165) is 18.6 Å². The molecule has 3 fully saturated rings. The lowest BCUT2D eigenvalue weighted by atomic mass is 9.84. The molecule has 7 heteroatoms.